The molecule has 1 spiro atoms. The van der Waals surface area contributed by atoms with Crippen LogP contribution in [0.15, 0.2) is 4.90 Å². The summed E-state index contributed by atoms with van der Waals surface area (Å²) in [5.74, 6) is -0.103. The first-order chi connectivity index (χ1) is 12.2. The molecule has 146 valence electrons. The Balaban J connectivity index is 1.69. The Morgan fingerprint density at radius 2 is 1.96 bits per heavy atom. The Hall–Kier alpha value is -1.45. The summed E-state index contributed by atoms with van der Waals surface area (Å²) in [7, 11) is -0.283. The van der Waals surface area contributed by atoms with Crippen LogP contribution < -0.4 is 5.32 Å². The minimum atomic E-state index is -3.54. The number of rotatable bonds is 5. The number of piperidine rings is 1. The number of nitrogens with one attached hydrogen (secondary N) is 1. The van der Waals surface area contributed by atoms with E-state index in [1.807, 2.05) is 0 Å². The first-order valence-electron chi connectivity index (χ1n) is 9.00. The zero-order valence-electron chi connectivity index (χ0n) is 15.9. The first-order valence-corrected chi connectivity index (χ1v) is 10.4. The van der Waals surface area contributed by atoms with E-state index < -0.39 is 10.0 Å². The highest BCUT2D eigenvalue weighted by Crippen LogP contribution is 2.49. The third-order valence-corrected chi connectivity index (χ3v) is 8.19. The summed E-state index contributed by atoms with van der Waals surface area (Å²) in [4.78, 5) is 12.1. The molecule has 1 saturated heterocycles. The van der Waals surface area contributed by atoms with Gasteiger partial charge in [-0.2, -0.15) is 9.40 Å². The molecular formula is C17H28N4O4S. The molecule has 1 aromatic heterocycles. The quantitative estimate of drug-likeness (QED) is 0.808. The maximum absolute atomic E-state index is 13.1. The molecule has 3 rings (SSSR count). The Morgan fingerprint density at radius 3 is 2.42 bits per heavy atom. The van der Waals surface area contributed by atoms with Gasteiger partial charge in [-0.1, -0.05) is 0 Å². The second-order valence-corrected chi connectivity index (χ2v) is 9.36. The van der Waals surface area contributed by atoms with Gasteiger partial charge in [-0.25, -0.2) is 8.42 Å². The van der Waals surface area contributed by atoms with Gasteiger partial charge in [0.15, 0.2) is 0 Å². The van der Waals surface area contributed by atoms with Crippen molar-refractivity contribution in [1.29, 1.82) is 0 Å². The highest BCUT2D eigenvalue weighted by molar-refractivity contribution is 7.89. The summed E-state index contributed by atoms with van der Waals surface area (Å²) in [6.45, 7) is 4.54. The van der Waals surface area contributed by atoms with Crippen LogP contribution in [-0.4, -0.2) is 61.3 Å². The van der Waals surface area contributed by atoms with Gasteiger partial charge in [0.2, 0.25) is 15.9 Å². The molecule has 1 N–H and O–H groups in total. The fraction of sp³-hybridized carbons (Fsp3) is 0.765. The van der Waals surface area contributed by atoms with Crippen LogP contribution in [-0.2, 0) is 26.6 Å². The average Bonchev–Trinajstić information content (AvgIpc) is 2.85. The van der Waals surface area contributed by atoms with Crippen LogP contribution in [0.1, 0.15) is 37.1 Å². The van der Waals surface area contributed by atoms with Crippen LogP contribution in [0.5, 0.6) is 0 Å². The van der Waals surface area contributed by atoms with Crippen molar-refractivity contribution in [3.8, 4) is 0 Å². The van der Waals surface area contributed by atoms with Gasteiger partial charge < -0.3 is 10.1 Å². The lowest BCUT2D eigenvalue weighted by molar-refractivity contribution is -0.128. The Bertz CT molecular complexity index is 794. The normalized spacial score (nSPS) is 23.0. The smallest absolute Gasteiger partial charge is 0.246 e. The lowest BCUT2D eigenvalue weighted by Gasteiger charge is -2.53. The Labute approximate surface area is 154 Å². The maximum Gasteiger partial charge on any atom is 0.246 e. The van der Waals surface area contributed by atoms with Crippen molar-refractivity contribution in [3.63, 3.8) is 0 Å². The molecule has 2 heterocycles. The molecule has 8 nitrogen and oxygen atoms in total. The molecule has 0 aromatic carbocycles. The van der Waals surface area contributed by atoms with Crippen molar-refractivity contribution >= 4 is 15.9 Å². The van der Waals surface area contributed by atoms with Crippen LogP contribution in [0.25, 0.3) is 0 Å². The van der Waals surface area contributed by atoms with E-state index in [9.17, 15) is 13.2 Å². The minimum absolute atomic E-state index is 0.0223. The molecule has 1 aliphatic carbocycles. The van der Waals surface area contributed by atoms with E-state index in [1.165, 1.54) is 7.11 Å². The van der Waals surface area contributed by atoms with Gasteiger partial charge in [-0.15, -0.1) is 0 Å². The lowest BCUT2D eigenvalue weighted by Crippen LogP contribution is -2.60. The summed E-state index contributed by atoms with van der Waals surface area (Å²) >= 11 is 0. The van der Waals surface area contributed by atoms with E-state index in [4.69, 9.17) is 4.74 Å². The van der Waals surface area contributed by atoms with E-state index in [0.29, 0.717) is 29.4 Å². The molecule has 1 amide bonds. The number of methoxy groups -OCH3 is 1. The van der Waals surface area contributed by atoms with Crippen molar-refractivity contribution in [3.05, 3.63) is 11.4 Å². The number of hydrogen-bond donors (Lipinski definition) is 1. The average molecular weight is 385 g/mol. The molecular weight excluding hydrogens is 356 g/mol. The molecule has 1 atom stereocenters. The van der Waals surface area contributed by atoms with E-state index >= 15 is 0 Å². The van der Waals surface area contributed by atoms with Crippen molar-refractivity contribution < 1.29 is 17.9 Å². The molecule has 2 fully saturated rings. The van der Waals surface area contributed by atoms with Gasteiger partial charge in [0, 0.05) is 33.3 Å². The standard InChI is InChI=1S/C17H28N4O4S/c1-12-16(13(2)20(3)19-12)26(23,24)21-9-7-17(8-10-21)6-5-14(17)18-15(22)11-25-4/h14H,5-11H2,1-4H3,(H,18,22). The Kier molecular flexibility index (Phi) is 5.15. The number of hydrogen-bond acceptors (Lipinski definition) is 5. The molecule has 1 aliphatic heterocycles. The molecule has 1 unspecified atom stereocenters. The summed E-state index contributed by atoms with van der Waals surface area (Å²) in [6.07, 6.45) is 3.51. The summed E-state index contributed by atoms with van der Waals surface area (Å²) in [5, 5.41) is 7.28. The van der Waals surface area contributed by atoms with Crippen molar-refractivity contribution in [2.45, 2.75) is 50.5 Å². The first kappa shape index (κ1) is 19.3. The zero-order valence-corrected chi connectivity index (χ0v) is 16.7. The second-order valence-electron chi connectivity index (χ2n) is 7.48. The zero-order chi connectivity index (χ0) is 19.1. The van der Waals surface area contributed by atoms with Gasteiger partial charge >= 0.3 is 0 Å². The fourth-order valence-corrected chi connectivity index (χ4v) is 6.16. The molecule has 1 saturated carbocycles. The fourth-order valence-electron chi connectivity index (χ4n) is 4.32. The predicted molar refractivity (Wildman–Crippen MR) is 96.1 cm³/mol. The van der Waals surface area contributed by atoms with Crippen molar-refractivity contribution in [1.82, 2.24) is 19.4 Å². The van der Waals surface area contributed by atoms with E-state index in [1.54, 1.807) is 29.9 Å². The van der Waals surface area contributed by atoms with Gasteiger partial charge in [-0.3, -0.25) is 9.48 Å². The minimum Gasteiger partial charge on any atom is -0.375 e. The highest BCUT2D eigenvalue weighted by atomic mass is 32.2. The number of carbonyl (C=O) groups excluding carboxylic acids is 1. The van der Waals surface area contributed by atoms with Crippen LogP contribution in [0, 0.1) is 19.3 Å². The monoisotopic (exact) mass is 384 g/mol. The largest absolute Gasteiger partial charge is 0.375 e. The predicted octanol–water partition coefficient (Wildman–Crippen LogP) is 0.733. The molecule has 2 aliphatic rings. The maximum atomic E-state index is 13.1. The molecule has 26 heavy (non-hydrogen) atoms. The van der Waals surface area contributed by atoms with Gasteiger partial charge in [-0.05, 0) is 44.9 Å². The van der Waals surface area contributed by atoms with Crippen LogP contribution in [0.2, 0.25) is 0 Å². The second kappa shape index (κ2) is 6.94. The number of aryl methyl sites for hydroxylation is 2. The number of ether oxygens (including phenoxy) is 1. The number of amides is 1. The van der Waals surface area contributed by atoms with Crippen LogP contribution in [0.3, 0.4) is 0 Å². The third kappa shape index (κ3) is 3.16. The van der Waals surface area contributed by atoms with E-state index in [0.717, 1.165) is 25.7 Å². The van der Waals surface area contributed by atoms with E-state index in [2.05, 4.69) is 10.4 Å². The van der Waals surface area contributed by atoms with Crippen molar-refractivity contribution in [2.24, 2.45) is 12.5 Å². The third-order valence-electron chi connectivity index (χ3n) is 6.04. The van der Waals surface area contributed by atoms with Crippen LogP contribution in [0.4, 0.5) is 0 Å². The summed E-state index contributed by atoms with van der Waals surface area (Å²) in [6, 6.07) is 0.122. The molecule has 0 bridgehead atoms. The lowest BCUT2D eigenvalue weighted by atomic mass is 9.59. The highest BCUT2D eigenvalue weighted by Gasteiger charge is 2.50. The molecule has 1 aromatic rings. The number of aromatic nitrogens is 2. The molecule has 0 radical (unpaired) electrons. The van der Waals surface area contributed by atoms with Crippen LogP contribution >= 0.6 is 0 Å². The Morgan fingerprint density at radius 1 is 1.31 bits per heavy atom. The number of carbonyl (C=O) groups is 1. The summed E-state index contributed by atoms with van der Waals surface area (Å²) < 4.78 is 34.2. The van der Waals surface area contributed by atoms with Gasteiger partial charge in [0.05, 0.1) is 11.4 Å². The van der Waals surface area contributed by atoms with Gasteiger partial charge in [0.25, 0.3) is 0 Å². The topological polar surface area (TPSA) is 93.5 Å². The van der Waals surface area contributed by atoms with Gasteiger partial charge in [0.1, 0.15) is 11.5 Å². The van der Waals surface area contributed by atoms with E-state index in [-0.39, 0.29) is 24.0 Å². The molecule has 9 heteroatoms. The number of nitrogens with zero attached hydrogens (tertiary/aromatic N) is 3. The summed E-state index contributed by atoms with van der Waals surface area (Å²) in [5.41, 5.74) is 1.23. The number of sulfonamides is 1. The SMILES string of the molecule is COCC(=O)NC1CCC12CCN(S(=O)(=O)c1c(C)nn(C)c1C)CC2. The van der Waals surface area contributed by atoms with Crippen molar-refractivity contribution in [2.75, 3.05) is 26.8 Å².